The largest absolute Gasteiger partial charge is 0.490 e. The summed E-state index contributed by atoms with van der Waals surface area (Å²) in [6, 6.07) is 15.0. The standard InChI is InChI=1S/C25H25N5O4/c1-4-32-20-11-16(23-18(12-26)24(27)34-25-22(23)15(3)29-30-25)8-9-19(20)33-13-21(31)28-17-7-5-6-14(2)10-17/h5-11,23H,4,13,27H2,1-3H3,(H,28,31)(H,29,30). The first-order valence-electron chi connectivity index (χ1n) is 10.8. The molecule has 1 aromatic heterocycles. The molecule has 0 saturated carbocycles. The number of amides is 1. The summed E-state index contributed by atoms with van der Waals surface area (Å²) in [5, 5.41) is 19.6. The highest BCUT2D eigenvalue weighted by atomic mass is 16.5. The van der Waals surface area contributed by atoms with E-state index in [9.17, 15) is 10.1 Å². The maximum absolute atomic E-state index is 12.4. The lowest BCUT2D eigenvalue weighted by Crippen LogP contribution is -2.21. The minimum Gasteiger partial charge on any atom is -0.490 e. The topological polar surface area (TPSA) is 135 Å². The van der Waals surface area contributed by atoms with Gasteiger partial charge in [-0.1, -0.05) is 18.2 Å². The number of allylic oxidation sites excluding steroid dienone is 1. The van der Waals surface area contributed by atoms with E-state index in [2.05, 4.69) is 21.6 Å². The smallest absolute Gasteiger partial charge is 0.262 e. The molecule has 174 valence electrons. The quantitative estimate of drug-likeness (QED) is 0.491. The molecular weight excluding hydrogens is 434 g/mol. The third-order valence-electron chi connectivity index (χ3n) is 5.39. The highest BCUT2D eigenvalue weighted by Gasteiger charge is 2.34. The van der Waals surface area contributed by atoms with Gasteiger partial charge in [0.05, 0.1) is 12.5 Å². The Bertz CT molecular complexity index is 1300. The van der Waals surface area contributed by atoms with E-state index in [-0.39, 0.29) is 24.0 Å². The molecule has 0 bridgehead atoms. The number of carbonyl (C=O) groups excluding carboxylic acids is 1. The van der Waals surface area contributed by atoms with Gasteiger partial charge in [0.15, 0.2) is 18.1 Å². The van der Waals surface area contributed by atoms with E-state index >= 15 is 0 Å². The minimum absolute atomic E-state index is 0.0117. The van der Waals surface area contributed by atoms with Gasteiger partial charge < -0.3 is 25.3 Å². The lowest BCUT2D eigenvalue weighted by molar-refractivity contribution is -0.118. The molecule has 1 aliphatic rings. The summed E-state index contributed by atoms with van der Waals surface area (Å²) < 4.78 is 17.1. The van der Waals surface area contributed by atoms with E-state index in [0.29, 0.717) is 29.7 Å². The molecule has 4 rings (SSSR count). The van der Waals surface area contributed by atoms with E-state index < -0.39 is 5.92 Å². The Morgan fingerprint density at radius 2 is 2.06 bits per heavy atom. The summed E-state index contributed by atoms with van der Waals surface area (Å²) in [6.07, 6.45) is 0. The first-order chi connectivity index (χ1) is 16.4. The van der Waals surface area contributed by atoms with Gasteiger partial charge in [0.1, 0.15) is 11.6 Å². The van der Waals surface area contributed by atoms with Crippen LogP contribution in [0.2, 0.25) is 0 Å². The van der Waals surface area contributed by atoms with Gasteiger partial charge in [0, 0.05) is 16.9 Å². The number of benzene rings is 2. The van der Waals surface area contributed by atoms with Gasteiger partial charge in [-0.2, -0.15) is 5.26 Å². The normalized spacial score (nSPS) is 14.6. The number of carbonyl (C=O) groups is 1. The average Bonchev–Trinajstić information content (AvgIpc) is 3.17. The Hall–Kier alpha value is -4.45. The van der Waals surface area contributed by atoms with Gasteiger partial charge in [-0.3, -0.25) is 9.89 Å². The number of anilines is 1. The third kappa shape index (κ3) is 4.52. The Morgan fingerprint density at radius 3 is 2.79 bits per heavy atom. The van der Waals surface area contributed by atoms with E-state index in [1.807, 2.05) is 51.1 Å². The highest BCUT2D eigenvalue weighted by Crippen LogP contribution is 2.44. The van der Waals surface area contributed by atoms with Crippen molar-refractivity contribution < 1.29 is 19.0 Å². The number of nitriles is 1. The predicted octanol–water partition coefficient (Wildman–Crippen LogP) is 3.66. The molecule has 1 atom stereocenters. The van der Waals surface area contributed by atoms with Crippen molar-refractivity contribution in [2.75, 3.05) is 18.5 Å². The predicted molar refractivity (Wildman–Crippen MR) is 126 cm³/mol. The maximum Gasteiger partial charge on any atom is 0.262 e. The maximum atomic E-state index is 12.4. The summed E-state index contributed by atoms with van der Waals surface area (Å²) in [4.78, 5) is 12.4. The molecule has 0 radical (unpaired) electrons. The Morgan fingerprint density at radius 1 is 1.24 bits per heavy atom. The van der Waals surface area contributed by atoms with Crippen molar-refractivity contribution in [3.8, 4) is 23.4 Å². The Kier molecular flexibility index (Phi) is 6.41. The van der Waals surface area contributed by atoms with Crippen LogP contribution in [0, 0.1) is 25.2 Å². The van der Waals surface area contributed by atoms with Crippen molar-refractivity contribution in [2.45, 2.75) is 26.7 Å². The fourth-order valence-electron chi connectivity index (χ4n) is 3.89. The number of aryl methyl sites for hydroxylation is 2. The Labute approximate surface area is 197 Å². The van der Waals surface area contributed by atoms with Crippen LogP contribution in [0.25, 0.3) is 0 Å². The van der Waals surface area contributed by atoms with Crippen molar-refractivity contribution in [1.29, 1.82) is 5.26 Å². The fraction of sp³-hybridized carbons (Fsp3) is 0.240. The number of rotatable bonds is 7. The van der Waals surface area contributed by atoms with Crippen LogP contribution in [0.3, 0.4) is 0 Å². The van der Waals surface area contributed by atoms with Crippen LogP contribution in [0.5, 0.6) is 17.4 Å². The van der Waals surface area contributed by atoms with Gasteiger partial charge in [-0.05, 0) is 56.2 Å². The first-order valence-corrected chi connectivity index (χ1v) is 10.8. The number of hydrogen-bond acceptors (Lipinski definition) is 7. The second-order valence-corrected chi connectivity index (χ2v) is 7.84. The molecule has 0 saturated heterocycles. The molecule has 1 amide bonds. The lowest BCUT2D eigenvalue weighted by Gasteiger charge is -2.24. The van der Waals surface area contributed by atoms with Gasteiger partial charge in [-0.25, -0.2) is 0 Å². The number of nitrogens with zero attached hydrogens (tertiary/aromatic N) is 2. The SMILES string of the molecule is CCOc1cc(C2C(C#N)=C(N)Oc3n[nH]c(C)c32)ccc1OCC(=O)Nc1cccc(C)c1. The number of hydrogen-bond donors (Lipinski definition) is 3. The number of H-pyrrole nitrogens is 1. The second-order valence-electron chi connectivity index (χ2n) is 7.84. The molecule has 1 aliphatic heterocycles. The van der Waals surface area contributed by atoms with Crippen LogP contribution >= 0.6 is 0 Å². The lowest BCUT2D eigenvalue weighted by atomic mass is 9.84. The number of fused-ring (bicyclic) bond motifs is 1. The molecule has 0 aliphatic carbocycles. The van der Waals surface area contributed by atoms with E-state index in [4.69, 9.17) is 19.9 Å². The second kappa shape index (κ2) is 9.58. The number of ether oxygens (including phenoxy) is 3. The summed E-state index contributed by atoms with van der Waals surface area (Å²) in [5.74, 6) is 0.445. The number of nitrogens with one attached hydrogen (secondary N) is 2. The van der Waals surface area contributed by atoms with Crippen molar-refractivity contribution in [3.63, 3.8) is 0 Å². The van der Waals surface area contributed by atoms with Crippen molar-refractivity contribution >= 4 is 11.6 Å². The zero-order chi connectivity index (χ0) is 24.2. The minimum atomic E-state index is -0.481. The van der Waals surface area contributed by atoms with Crippen LogP contribution in [0.4, 0.5) is 5.69 Å². The molecule has 9 heteroatoms. The van der Waals surface area contributed by atoms with Crippen LogP contribution in [-0.2, 0) is 4.79 Å². The molecule has 1 unspecified atom stereocenters. The van der Waals surface area contributed by atoms with Gasteiger partial charge >= 0.3 is 0 Å². The first kappa shape index (κ1) is 22.7. The summed E-state index contributed by atoms with van der Waals surface area (Å²) >= 11 is 0. The summed E-state index contributed by atoms with van der Waals surface area (Å²) in [6.45, 7) is 5.86. The van der Waals surface area contributed by atoms with Crippen molar-refractivity contribution in [1.82, 2.24) is 10.2 Å². The van der Waals surface area contributed by atoms with E-state index in [0.717, 1.165) is 22.4 Å². The molecule has 3 aromatic rings. The van der Waals surface area contributed by atoms with Gasteiger partial charge in [0.2, 0.25) is 11.8 Å². The van der Waals surface area contributed by atoms with Gasteiger partial charge in [-0.15, -0.1) is 5.10 Å². The third-order valence-corrected chi connectivity index (χ3v) is 5.39. The zero-order valence-corrected chi connectivity index (χ0v) is 19.1. The number of aromatic nitrogens is 2. The molecule has 2 aromatic carbocycles. The molecule has 2 heterocycles. The number of aromatic amines is 1. The Balaban J connectivity index is 1.59. The van der Waals surface area contributed by atoms with Crippen molar-refractivity contribution in [3.05, 3.63) is 76.3 Å². The van der Waals surface area contributed by atoms with Crippen LogP contribution < -0.4 is 25.3 Å². The van der Waals surface area contributed by atoms with Crippen LogP contribution in [0.1, 0.15) is 35.2 Å². The molecule has 4 N–H and O–H groups in total. The monoisotopic (exact) mass is 459 g/mol. The van der Waals surface area contributed by atoms with Gasteiger partial charge in [0.25, 0.3) is 5.91 Å². The average molecular weight is 460 g/mol. The molecule has 9 nitrogen and oxygen atoms in total. The molecule has 0 spiro atoms. The van der Waals surface area contributed by atoms with Crippen LogP contribution in [-0.4, -0.2) is 29.3 Å². The summed E-state index contributed by atoms with van der Waals surface area (Å²) in [5.41, 5.74) is 10.3. The van der Waals surface area contributed by atoms with E-state index in [1.165, 1.54) is 0 Å². The summed E-state index contributed by atoms with van der Waals surface area (Å²) in [7, 11) is 0. The van der Waals surface area contributed by atoms with E-state index in [1.54, 1.807) is 12.1 Å². The number of nitrogens with two attached hydrogens (primary N) is 1. The zero-order valence-electron chi connectivity index (χ0n) is 19.1. The van der Waals surface area contributed by atoms with Crippen molar-refractivity contribution in [2.24, 2.45) is 5.73 Å². The molecule has 34 heavy (non-hydrogen) atoms. The highest BCUT2D eigenvalue weighted by molar-refractivity contribution is 5.92. The van der Waals surface area contributed by atoms with Crippen LogP contribution in [0.15, 0.2) is 53.9 Å². The molecule has 0 fully saturated rings. The fourth-order valence-corrected chi connectivity index (χ4v) is 3.89. The molecular formula is C25H25N5O4.